The van der Waals surface area contributed by atoms with Gasteiger partial charge >= 0.3 is 5.97 Å². The van der Waals surface area contributed by atoms with Gasteiger partial charge in [-0.1, -0.05) is 0 Å². The van der Waals surface area contributed by atoms with Gasteiger partial charge in [0.25, 0.3) is 5.91 Å². The summed E-state index contributed by atoms with van der Waals surface area (Å²) in [5.74, 6) is -2.90. The van der Waals surface area contributed by atoms with Gasteiger partial charge in [0.1, 0.15) is 12.3 Å². The minimum atomic E-state index is -3.80. The highest BCUT2D eigenvalue weighted by Gasteiger charge is 2.21. The Labute approximate surface area is 134 Å². The quantitative estimate of drug-likeness (QED) is 0.760. The Morgan fingerprint density at radius 3 is 2.00 bits per heavy atom. The van der Waals surface area contributed by atoms with Crippen LogP contribution < -0.4 is 0 Å². The van der Waals surface area contributed by atoms with Crippen molar-refractivity contribution in [2.75, 3.05) is 33.4 Å². The maximum absolute atomic E-state index is 12.1. The first kappa shape index (κ1) is 18.6. The van der Waals surface area contributed by atoms with E-state index < -0.39 is 39.9 Å². The molecule has 0 aliphatic rings. The lowest BCUT2D eigenvalue weighted by atomic mass is 10.2. The number of hydrogen-bond donors (Lipinski definition) is 1. The van der Waals surface area contributed by atoms with E-state index in [2.05, 4.69) is 0 Å². The molecule has 8 nitrogen and oxygen atoms in total. The van der Waals surface area contributed by atoms with Crippen LogP contribution in [0.2, 0.25) is 0 Å². The first-order valence-electron chi connectivity index (χ1n) is 6.55. The Morgan fingerprint density at radius 1 is 1.04 bits per heavy atom. The molecule has 0 atom stereocenters. The fourth-order valence-electron chi connectivity index (χ4n) is 1.67. The summed E-state index contributed by atoms with van der Waals surface area (Å²) >= 11 is 0. The Balaban J connectivity index is 2.94. The molecule has 0 spiro atoms. The van der Waals surface area contributed by atoms with Crippen molar-refractivity contribution in [3.63, 3.8) is 0 Å². The Morgan fingerprint density at radius 2 is 1.57 bits per heavy atom. The van der Waals surface area contributed by atoms with Crippen LogP contribution in [0.1, 0.15) is 10.4 Å². The Hall–Kier alpha value is -2.42. The SMILES string of the molecule is CN(C)C(=O)CS(=O)(=O)c1ccc(C(=O)N(C)CC(=O)O)cc1. The Bertz CT molecular complexity index is 709. The maximum Gasteiger partial charge on any atom is 0.323 e. The van der Waals surface area contributed by atoms with Gasteiger partial charge in [-0.05, 0) is 24.3 Å². The fraction of sp³-hybridized carbons (Fsp3) is 0.357. The number of rotatable bonds is 6. The second-order valence-corrected chi connectivity index (χ2v) is 7.12. The number of nitrogens with zero attached hydrogens (tertiary/aromatic N) is 2. The van der Waals surface area contributed by atoms with Crippen LogP contribution >= 0.6 is 0 Å². The van der Waals surface area contributed by atoms with Crippen molar-refractivity contribution < 1.29 is 27.9 Å². The first-order chi connectivity index (χ1) is 10.5. The van der Waals surface area contributed by atoms with Crippen molar-refractivity contribution in [2.24, 2.45) is 0 Å². The summed E-state index contributed by atoms with van der Waals surface area (Å²) < 4.78 is 24.2. The van der Waals surface area contributed by atoms with E-state index in [4.69, 9.17) is 5.11 Å². The number of carbonyl (C=O) groups is 3. The maximum atomic E-state index is 12.1. The van der Waals surface area contributed by atoms with Crippen LogP contribution in [-0.2, 0) is 19.4 Å². The van der Waals surface area contributed by atoms with Gasteiger partial charge in [0.2, 0.25) is 5.91 Å². The number of carbonyl (C=O) groups excluding carboxylic acids is 2. The van der Waals surface area contributed by atoms with Crippen LogP contribution in [0.15, 0.2) is 29.2 Å². The highest BCUT2D eigenvalue weighted by Crippen LogP contribution is 2.14. The summed E-state index contributed by atoms with van der Waals surface area (Å²) in [7, 11) is 0.446. The van der Waals surface area contributed by atoms with Crippen molar-refractivity contribution in [3.8, 4) is 0 Å². The smallest absolute Gasteiger partial charge is 0.323 e. The highest BCUT2D eigenvalue weighted by molar-refractivity contribution is 7.92. The van der Waals surface area contributed by atoms with Crippen LogP contribution in [0, 0.1) is 0 Å². The zero-order chi connectivity index (χ0) is 17.8. The number of carboxylic acid groups (broad SMARTS) is 1. The second kappa shape index (κ2) is 7.23. The third-order valence-corrected chi connectivity index (χ3v) is 4.61. The molecular weight excluding hydrogens is 324 g/mol. The van der Waals surface area contributed by atoms with E-state index in [0.717, 1.165) is 4.90 Å². The summed E-state index contributed by atoms with van der Waals surface area (Å²) in [5.41, 5.74) is 0.159. The third-order valence-electron chi connectivity index (χ3n) is 2.99. The molecule has 2 amide bonds. The van der Waals surface area contributed by atoms with Crippen molar-refractivity contribution in [1.82, 2.24) is 9.80 Å². The molecule has 0 unspecified atom stereocenters. The van der Waals surface area contributed by atoms with Gasteiger partial charge in [0, 0.05) is 26.7 Å². The number of amides is 2. The van der Waals surface area contributed by atoms with Crippen molar-refractivity contribution in [2.45, 2.75) is 4.90 Å². The van der Waals surface area contributed by atoms with Gasteiger partial charge in [0.05, 0.1) is 4.90 Å². The second-order valence-electron chi connectivity index (χ2n) is 5.13. The summed E-state index contributed by atoms with van der Waals surface area (Å²) in [4.78, 5) is 36.2. The zero-order valence-corrected chi connectivity index (χ0v) is 13.8. The van der Waals surface area contributed by atoms with Crippen molar-refractivity contribution >= 4 is 27.6 Å². The predicted molar refractivity (Wildman–Crippen MR) is 81.8 cm³/mol. The number of hydrogen-bond acceptors (Lipinski definition) is 5. The average Bonchev–Trinajstić information content (AvgIpc) is 2.45. The molecule has 9 heteroatoms. The van der Waals surface area contributed by atoms with Crippen LogP contribution in [-0.4, -0.2) is 74.5 Å². The average molecular weight is 342 g/mol. The number of likely N-dealkylation sites (N-methyl/N-ethyl adjacent to an activating group) is 1. The lowest BCUT2D eigenvalue weighted by molar-refractivity contribution is -0.137. The predicted octanol–water partition coefficient (Wildman–Crippen LogP) is -0.295. The summed E-state index contributed by atoms with van der Waals surface area (Å²) in [5, 5.41) is 8.65. The lowest BCUT2D eigenvalue weighted by Crippen LogP contribution is -2.32. The summed E-state index contributed by atoms with van der Waals surface area (Å²) in [6.07, 6.45) is 0. The van der Waals surface area contributed by atoms with E-state index in [-0.39, 0.29) is 10.5 Å². The number of sulfone groups is 1. The molecule has 0 saturated carbocycles. The molecule has 0 aromatic heterocycles. The highest BCUT2D eigenvalue weighted by atomic mass is 32.2. The van der Waals surface area contributed by atoms with Crippen LogP contribution in [0.3, 0.4) is 0 Å². The largest absolute Gasteiger partial charge is 0.480 e. The lowest BCUT2D eigenvalue weighted by Gasteiger charge is -2.15. The van der Waals surface area contributed by atoms with E-state index in [0.29, 0.717) is 0 Å². The minimum absolute atomic E-state index is 0.0786. The molecule has 0 aliphatic carbocycles. The van der Waals surface area contributed by atoms with Crippen LogP contribution in [0.5, 0.6) is 0 Å². The fourth-order valence-corrected chi connectivity index (χ4v) is 2.98. The molecule has 0 saturated heterocycles. The minimum Gasteiger partial charge on any atom is -0.480 e. The molecule has 0 radical (unpaired) electrons. The normalized spacial score (nSPS) is 10.9. The zero-order valence-electron chi connectivity index (χ0n) is 13.0. The molecule has 23 heavy (non-hydrogen) atoms. The molecule has 0 fully saturated rings. The molecular formula is C14H18N2O6S. The van der Waals surface area contributed by atoms with Gasteiger partial charge in [-0.3, -0.25) is 14.4 Å². The third kappa shape index (κ3) is 5.06. The van der Waals surface area contributed by atoms with Gasteiger partial charge < -0.3 is 14.9 Å². The van der Waals surface area contributed by atoms with Crippen molar-refractivity contribution in [3.05, 3.63) is 29.8 Å². The van der Waals surface area contributed by atoms with E-state index >= 15 is 0 Å². The van der Waals surface area contributed by atoms with E-state index in [1.165, 1.54) is 50.3 Å². The summed E-state index contributed by atoms with van der Waals surface area (Å²) in [6, 6.07) is 5.02. The van der Waals surface area contributed by atoms with Crippen LogP contribution in [0.4, 0.5) is 0 Å². The van der Waals surface area contributed by atoms with E-state index in [1.54, 1.807) is 0 Å². The van der Waals surface area contributed by atoms with Crippen molar-refractivity contribution in [1.29, 1.82) is 0 Å². The van der Waals surface area contributed by atoms with E-state index in [9.17, 15) is 22.8 Å². The van der Waals surface area contributed by atoms with Gasteiger partial charge in [-0.25, -0.2) is 8.42 Å². The molecule has 1 aromatic carbocycles. The molecule has 0 heterocycles. The Kier molecular flexibility index (Phi) is 5.85. The van der Waals surface area contributed by atoms with Crippen LogP contribution in [0.25, 0.3) is 0 Å². The molecule has 126 valence electrons. The first-order valence-corrected chi connectivity index (χ1v) is 8.20. The standard InChI is InChI=1S/C14H18N2O6S/c1-15(2)12(17)9-23(21,22)11-6-4-10(5-7-11)14(20)16(3)8-13(18)19/h4-7H,8-9H2,1-3H3,(H,18,19). The topological polar surface area (TPSA) is 112 Å². The molecule has 1 N–H and O–H groups in total. The monoisotopic (exact) mass is 342 g/mol. The van der Waals surface area contributed by atoms with Gasteiger partial charge in [-0.2, -0.15) is 0 Å². The molecule has 1 rings (SSSR count). The number of carboxylic acids is 1. The molecule has 0 bridgehead atoms. The van der Waals surface area contributed by atoms with E-state index in [1.807, 2.05) is 0 Å². The van der Waals surface area contributed by atoms with Gasteiger partial charge in [-0.15, -0.1) is 0 Å². The number of aliphatic carboxylic acids is 1. The summed E-state index contributed by atoms with van der Waals surface area (Å²) in [6.45, 7) is -0.462. The number of benzene rings is 1. The molecule has 1 aromatic rings. The molecule has 0 aliphatic heterocycles. The van der Waals surface area contributed by atoms with Gasteiger partial charge in [0.15, 0.2) is 9.84 Å².